The zero-order valence-corrected chi connectivity index (χ0v) is 18.5. The molecule has 2 aromatic rings. The summed E-state index contributed by atoms with van der Waals surface area (Å²) < 4.78 is 13.3. The van der Waals surface area contributed by atoms with E-state index in [0.717, 1.165) is 18.5 Å². The summed E-state index contributed by atoms with van der Waals surface area (Å²) in [6, 6.07) is 8.45. The first-order valence-corrected chi connectivity index (χ1v) is 10.6. The predicted molar refractivity (Wildman–Crippen MR) is 116 cm³/mol. The molecule has 3 rings (SSSR count). The number of aromatic nitrogens is 2. The lowest BCUT2D eigenvalue weighted by Crippen LogP contribution is -2.48. The lowest BCUT2D eigenvalue weighted by atomic mass is 10.1. The summed E-state index contributed by atoms with van der Waals surface area (Å²) >= 11 is 0. The average molecular weight is 431 g/mol. The standard InChI is InChI=1S/C22H30N4O5/c1-5-7-17-13-20(16-8-6-9-18(12-16)26(28)29)23-25(17)15-19-14-24(10-11-30-19)21(27)31-22(2,3)4/h6,8-9,12-13,19H,5,7,10-11,14-15H2,1-4H3. The highest BCUT2D eigenvalue weighted by molar-refractivity contribution is 5.68. The Morgan fingerprint density at radius 2 is 2.13 bits per heavy atom. The summed E-state index contributed by atoms with van der Waals surface area (Å²) in [5.74, 6) is 0. The molecule has 31 heavy (non-hydrogen) atoms. The Hall–Kier alpha value is -2.94. The van der Waals surface area contributed by atoms with E-state index in [1.54, 1.807) is 11.0 Å². The van der Waals surface area contributed by atoms with Gasteiger partial charge in [0.25, 0.3) is 5.69 Å². The number of ether oxygens (including phenoxy) is 2. The second kappa shape index (κ2) is 9.47. The molecule has 0 N–H and O–H groups in total. The SMILES string of the molecule is CCCc1cc(-c2cccc([N+](=O)[O-])c2)nn1CC1CN(C(=O)OC(C)(C)C)CCO1. The van der Waals surface area contributed by atoms with Gasteiger partial charge in [0.1, 0.15) is 5.60 Å². The number of aryl methyl sites for hydroxylation is 1. The van der Waals surface area contributed by atoms with Crippen LogP contribution < -0.4 is 0 Å². The van der Waals surface area contributed by atoms with Gasteiger partial charge in [-0.15, -0.1) is 0 Å². The summed E-state index contributed by atoms with van der Waals surface area (Å²) in [6.45, 7) is 9.47. The number of hydrogen-bond acceptors (Lipinski definition) is 6. The summed E-state index contributed by atoms with van der Waals surface area (Å²) in [7, 11) is 0. The van der Waals surface area contributed by atoms with Crippen molar-refractivity contribution in [2.24, 2.45) is 0 Å². The lowest BCUT2D eigenvalue weighted by molar-refractivity contribution is -0.384. The second-order valence-corrected chi connectivity index (χ2v) is 8.68. The first-order valence-electron chi connectivity index (χ1n) is 10.6. The maximum absolute atomic E-state index is 12.4. The Labute approximate surface area is 182 Å². The van der Waals surface area contributed by atoms with Crippen LogP contribution in [0.15, 0.2) is 30.3 Å². The zero-order valence-electron chi connectivity index (χ0n) is 18.5. The molecule has 0 spiro atoms. The topological polar surface area (TPSA) is 99.7 Å². The van der Waals surface area contributed by atoms with Crippen LogP contribution in [0, 0.1) is 10.1 Å². The minimum absolute atomic E-state index is 0.0349. The van der Waals surface area contributed by atoms with E-state index in [2.05, 4.69) is 6.92 Å². The van der Waals surface area contributed by atoms with Crippen LogP contribution in [0.2, 0.25) is 0 Å². The highest BCUT2D eigenvalue weighted by Gasteiger charge is 2.29. The number of amides is 1. The van der Waals surface area contributed by atoms with Crippen LogP contribution in [0.1, 0.15) is 39.8 Å². The van der Waals surface area contributed by atoms with Crippen molar-refractivity contribution < 1.29 is 19.2 Å². The Bertz CT molecular complexity index is 934. The molecule has 1 amide bonds. The third-order valence-electron chi connectivity index (χ3n) is 4.89. The van der Waals surface area contributed by atoms with E-state index in [1.807, 2.05) is 37.6 Å². The number of rotatable bonds is 6. The summed E-state index contributed by atoms with van der Waals surface area (Å²) in [5.41, 5.74) is 1.90. The lowest BCUT2D eigenvalue weighted by Gasteiger charge is -2.34. The maximum Gasteiger partial charge on any atom is 0.410 e. The number of carbonyl (C=O) groups is 1. The molecule has 0 aliphatic carbocycles. The quantitative estimate of drug-likeness (QED) is 0.506. The van der Waals surface area contributed by atoms with Crippen molar-refractivity contribution in [2.45, 2.75) is 58.8 Å². The smallest absolute Gasteiger partial charge is 0.410 e. The third kappa shape index (κ3) is 6.04. The number of nitro groups is 1. The molecule has 9 heteroatoms. The molecule has 168 valence electrons. The van der Waals surface area contributed by atoms with Crippen LogP contribution in [-0.4, -0.2) is 57.1 Å². The molecule has 1 aliphatic rings. The number of nitro benzene ring substituents is 1. The Balaban J connectivity index is 1.77. The number of non-ortho nitro benzene ring substituents is 1. The van der Waals surface area contributed by atoms with Crippen LogP contribution in [0.3, 0.4) is 0 Å². The van der Waals surface area contributed by atoms with E-state index < -0.39 is 10.5 Å². The van der Waals surface area contributed by atoms with Crippen molar-refractivity contribution in [3.63, 3.8) is 0 Å². The van der Waals surface area contributed by atoms with Crippen LogP contribution in [0.5, 0.6) is 0 Å². The zero-order chi connectivity index (χ0) is 22.6. The number of benzene rings is 1. The molecule has 1 aliphatic heterocycles. The van der Waals surface area contributed by atoms with Gasteiger partial charge < -0.3 is 14.4 Å². The molecular formula is C22H30N4O5. The van der Waals surface area contributed by atoms with Gasteiger partial charge >= 0.3 is 6.09 Å². The largest absolute Gasteiger partial charge is 0.444 e. The fourth-order valence-corrected chi connectivity index (χ4v) is 3.51. The van der Waals surface area contributed by atoms with Gasteiger partial charge in [0.05, 0.1) is 36.4 Å². The van der Waals surface area contributed by atoms with Gasteiger partial charge in [-0.1, -0.05) is 25.5 Å². The van der Waals surface area contributed by atoms with E-state index in [1.165, 1.54) is 12.1 Å². The monoisotopic (exact) mass is 430 g/mol. The molecule has 9 nitrogen and oxygen atoms in total. The summed E-state index contributed by atoms with van der Waals surface area (Å²) in [5, 5.41) is 15.8. The predicted octanol–water partition coefficient (Wildman–Crippen LogP) is 4.05. The van der Waals surface area contributed by atoms with Gasteiger partial charge in [-0.3, -0.25) is 14.8 Å². The number of nitrogens with zero attached hydrogens (tertiary/aromatic N) is 4. The van der Waals surface area contributed by atoms with Crippen molar-refractivity contribution in [1.29, 1.82) is 0 Å². The molecule has 1 saturated heterocycles. The van der Waals surface area contributed by atoms with Gasteiger partial charge in [-0.25, -0.2) is 4.79 Å². The van der Waals surface area contributed by atoms with E-state index in [0.29, 0.717) is 37.5 Å². The Kier molecular flexibility index (Phi) is 6.94. The molecule has 2 heterocycles. The first-order chi connectivity index (χ1) is 14.7. The highest BCUT2D eigenvalue weighted by Crippen LogP contribution is 2.25. The minimum atomic E-state index is -0.547. The fraction of sp³-hybridized carbons (Fsp3) is 0.545. The number of carbonyl (C=O) groups excluding carboxylic acids is 1. The Morgan fingerprint density at radius 3 is 2.81 bits per heavy atom. The van der Waals surface area contributed by atoms with E-state index in [9.17, 15) is 14.9 Å². The molecule has 1 aromatic carbocycles. The molecule has 0 bridgehead atoms. The van der Waals surface area contributed by atoms with E-state index >= 15 is 0 Å². The van der Waals surface area contributed by atoms with Crippen LogP contribution in [0.4, 0.5) is 10.5 Å². The Morgan fingerprint density at radius 1 is 1.35 bits per heavy atom. The van der Waals surface area contributed by atoms with Crippen molar-refractivity contribution in [3.05, 3.63) is 46.1 Å². The van der Waals surface area contributed by atoms with Crippen LogP contribution >= 0.6 is 0 Å². The number of hydrogen-bond donors (Lipinski definition) is 0. The molecule has 1 fully saturated rings. The summed E-state index contributed by atoms with van der Waals surface area (Å²) in [6.07, 6.45) is 1.21. The van der Waals surface area contributed by atoms with Crippen LogP contribution in [-0.2, 0) is 22.4 Å². The van der Waals surface area contributed by atoms with Crippen molar-refractivity contribution >= 4 is 11.8 Å². The van der Waals surface area contributed by atoms with Gasteiger partial charge in [0.15, 0.2) is 0 Å². The van der Waals surface area contributed by atoms with Crippen molar-refractivity contribution in [2.75, 3.05) is 19.7 Å². The minimum Gasteiger partial charge on any atom is -0.444 e. The van der Waals surface area contributed by atoms with Crippen molar-refractivity contribution in [1.82, 2.24) is 14.7 Å². The van der Waals surface area contributed by atoms with Gasteiger partial charge in [-0.2, -0.15) is 5.10 Å². The van der Waals surface area contributed by atoms with E-state index in [-0.39, 0.29) is 17.9 Å². The highest BCUT2D eigenvalue weighted by atomic mass is 16.6. The molecular weight excluding hydrogens is 400 g/mol. The van der Waals surface area contributed by atoms with Gasteiger partial charge in [-0.05, 0) is 33.3 Å². The molecule has 0 saturated carbocycles. The normalized spacial score (nSPS) is 16.9. The molecule has 1 aromatic heterocycles. The molecule has 1 unspecified atom stereocenters. The van der Waals surface area contributed by atoms with Gasteiger partial charge in [0.2, 0.25) is 0 Å². The first kappa shape index (κ1) is 22.7. The second-order valence-electron chi connectivity index (χ2n) is 8.68. The maximum atomic E-state index is 12.4. The molecule has 1 atom stereocenters. The summed E-state index contributed by atoms with van der Waals surface area (Å²) in [4.78, 5) is 24.8. The fourth-order valence-electron chi connectivity index (χ4n) is 3.51. The van der Waals surface area contributed by atoms with E-state index in [4.69, 9.17) is 14.6 Å². The van der Waals surface area contributed by atoms with Crippen LogP contribution in [0.25, 0.3) is 11.3 Å². The van der Waals surface area contributed by atoms with Crippen molar-refractivity contribution in [3.8, 4) is 11.3 Å². The number of morpholine rings is 1. The molecule has 0 radical (unpaired) electrons. The average Bonchev–Trinajstić information content (AvgIpc) is 3.10. The third-order valence-corrected chi connectivity index (χ3v) is 4.89. The van der Waals surface area contributed by atoms with Gasteiger partial charge in [0, 0.05) is 29.9 Å².